The van der Waals surface area contributed by atoms with Crippen LogP contribution >= 0.6 is 0 Å². The van der Waals surface area contributed by atoms with Gasteiger partial charge in [-0.1, -0.05) is 0 Å². The number of pyridine rings is 1. The molecule has 18 heavy (non-hydrogen) atoms. The number of carbonyl (C=O) groups is 2. The van der Waals surface area contributed by atoms with Gasteiger partial charge in [0.1, 0.15) is 0 Å². The number of ether oxygens (including phenoxy) is 1. The Morgan fingerprint density at radius 1 is 1.44 bits per heavy atom. The van der Waals surface area contributed by atoms with Gasteiger partial charge in [-0.25, -0.2) is 0 Å². The minimum absolute atomic E-state index is 0.0279. The third kappa shape index (κ3) is 3.53. The van der Waals surface area contributed by atoms with E-state index < -0.39 is 11.8 Å². The molecule has 2 amide bonds. The summed E-state index contributed by atoms with van der Waals surface area (Å²) in [5.41, 5.74) is 0.495. The average molecular weight is 249 g/mol. The van der Waals surface area contributed by atoms with E-state index in [2.05, 4.69) is 15.6 Å². The van der Waals surface area contributed by atoms with Gasteiger partial charge in [0.25, 0.3) is 0 Å². The van der Waals surface area contributed by atoms with E-state index in [0.29, 0.717) is 12.2 Å². The van der Waals surface area contributed by atoms with Crippen LogP contribution < -0.4 is 10.6 Å². The summed E-state index contributed by atoms with van der Waals surface area (Å²) in [7, 11) is 0. The molecule has 0 radical (unpaired) electrons. The van der Waals surface area contributed by atoms with Gasteiger partial charge in [0.05, 0.1) is 18.0 Å². The van der Waals surface area contributed by atoms with Crippen LogP contribution in [0, 0.1) is 0 Å². The molecule has 1 aromatic heterocycles. The van der Waals surface area contributed by atoms with Gasteiger partial charge in [-0.15, -0.1) is 0 Å². The molecule has 1 unspecified atom stereocenters. The van der Waals surface area contributed by atoms with Crippen LogP contribution in [0.5, 0.6) is 0 Å². The zero-order chi connectivity index (χ0) is 12.8. The van der Waals surface area contributed by atoms with Crippen molar-refractivity contribution in [2.24, 2.45) is 0 Å². The van der Waals surface area contributed by atoms with Gasteiger partial charge < -0.3 is 15.4 Å². The maximum Gasteiger partial charge on any atom is 0.313 e. The fourth-order valence-electron chi connectivity index (χ4n) is 1.72. The Labute approximate surface area is 105 Å². The van der Waals surface area contributed by atoms with Crippen LogP contribution in [0.1, 0.15) is 12.8 Å². The summed E-state index contributed by atoms with van der Waals surface area (Å²) in [4.78, 5) is 26.9. The summed E-state index contributed by atoms with van der Waals surface area (Å²) in [6, 6.07) is 3.35. The lowest BCUT2D eigenvalue weighted by atomic mass is 10.2. The van der Waals surface area contributed by atoms with E-state index in [0.717, 1.165) is 19.4 Å². The Morgan fingerprint density at radius 3 is 3.00 bits per heavy atom. The van der Waals surface area contributed by atoms with Gasteiger partial charge in [0, 0.05) is 19.3 Å². The lowest BCUT2D eigenvalue weighted by Gasteiger charge is -2.10. The van der Waals surface area contributed by atoms with Crippen LogP contribution in [0.3, 0.4) is 0 Å². The molecule has 1 aliphatic rings. The smallest absolute Gasteiger partial charge is 0.313 e. The van der Waals surface area contributed by atoms with Gasteiger partial charge in [0.15, 0.2) is 0 Å². The van der Waals surface area contributed by atoms with Crippen molar-refractivity contribution in [2.75, 3.05) is 18.5 Å². The largest absolute Gasteiger partial charge is 0.376 e. The van der Waals surface area contributed by atoms with E-state index in [1.54, 1.807) is 18.3 Å². The fourth-order valence-corrected chi connectivity index (χ4v) is 1.72. The number of hydrogen-bond acceptors (Lipinski definition) is 4. The minimum atomic E-state index is -0.694. The molecule has 0 bridgehead atoms. The molecule has 1 aliphatic heterocycles. The van der Waals surface area contributed by atoms with Crippen molar-refractivity contribution in [1.82, 2.24) is 10.3 Å². The van der Waals surface area contributed by atoms with Gasteiger partial charge in [-0.05, 0) is 25.0 Å². The maximum atomic E-state index is 11.5. The van der Waals surface area contributed by atoms with E-state index >= 15 is 0 Å². The number of hydrogen-bond donors (Lipinski definition) is 2. The molecule has 1 aromatic rings. The lowest BCUT2D eigenvalue weighted by molar-refractivity contribution is -0.136. The Bertz CT molecular complexity index is 416. The second-order valence-corrected chi connectivity index (χ2v) is 4.04. The summed E-state index contributed by atoms with van der Waals surface area (Å²) in [5, 5.41) is 5.01. The van der Waals surface area contributed by atoms with Crippen LogP contribution in [-0.4, -0.2) is 36.1 Å². The first kappa shape index (κ1) is 12.5. The van der Waals surface area contributed by atoms with Crippen molar-refractivity contribution in [3.05, 3.63) is 24.5 Å². The molecule has 1 atom stereocenters. The number of amides is 2. The molecule has 2 N–H and O–H groups in total. The molecule has 1 saturated heterocycles. The molecule has 6 nitrogen and oxygen atoms in total. The van der Waals surface area contributed by atoms with Gasteiger partial charge in [-0.3, -0.25) is 14.6 Å². The quantitative estimate of drug-likeness (QED) is 0.756. The molecule has 2 heterocycles. The Morgan fingerprint density at radius 2 is 2.33 bits per heavy atom. The molecular formula is C12H15N3O3. The normalized spacial score (nSPS) is 18.3. The highest BCUT2D eigenvalue weighted by atomic mass is 16.5. The SMILES string of the molecule is O=C(NCC1CCCO1)C(=O)Nc1cccnc1. The highest BCUT2D eigenvalue weighted by Crippen LogP contribution is 2.10. The molecule has 1 fully saturated rings. The van der Waals surface area contributed by atoms with Crippen LogP contribution in [0.4, 0.5) is 5.69 Å². The Balaban J connectivity index is 1.76. The highest BCUT2D eigenvalue weighted by molar-refractivity contribution is 6.39. The third-order valence-electron chi connectivity index (χ3n) is 2.64. The van der Waals surface area contributed by atoms with E-state index in [4.69, 9.17) is 4.74 Å². The number of anilines is 1. The molecule has 2 rings (SSSR count). The Hall–Kier alpha value is -1.95. The molecule has 6 heteroatoms. The first-order valence-electron chi connectivity index (χ1n) is 5.86. The minimum Gasteiger partial charge on any atom is -0.376 e. The van der Waals surface area contributed by atoms with Gasteiger partial charge in [-0.2, -0.15) is 0 Å². The summed E-state index contributed by atoms with van der Waals surface area (Å²) >= 11 is 0. The van der Waals surface area contributed by atoms with Crippen molar-refractivity contribution in [2.45, 2.75) is 18.9 Å². The van der Waals surface area contributed by atoms with E-state index in [9.17, 15) is 9.59 Å². The van der Waals surface area contributed by atoms with Crippen molar-refractivity contribution in [3.8, 4) is 0 Å². The first-order valence-corrected chi connectivity index (χ1v) is 5.86. The average Bonchev–Trinajstić information content (AvgIpc) is 2.90. The molecule has 96 valence electrons. The van der Waals surface area contributed by atoms with Crippen LogP contribution in [0.2, 0.25) is 0 Å². The zero-order valence-electron chi connectivity index (χ0n) is 9.89. The predicted molar refractivity (Wildman–Crippen MR) is 64.9 cm³/mol. The molecule has 0 spiro atoms. The first-order chi connectivity index (χ1) is 8.75. The number of aromatic nitrogens is 1. The van der Waals surface area contributed by atoms with E-state index in [1.807, 2.05) is 0 Å². The second-order valence-electron chi connectivity index (χ2n) is 4.04. The van der Waals surface area contributed by atoms with Crippen molar-refractivity contribution < 1.29 is 14.3 Å². The van der Waals surface area contributed by atoms with Crippen LogP contribution in [0.25, 0.3) is 0 Å². The lowest BCUT2D eigenvalue weighted by Crippen LogP contribution is -2.39. The molecule has 0 aromatic carbocycles. The van der Waals surface area contributed by atoms with Crippen LogP contribution in [0.15, 0.2) is 24.5 Å². The highest BCUT2D eigenvalue weighted by Gasteiger charge is 2.19. The van der Waals surface area contributed by atoms with E-state index in [-0.39, 0.29) is 6.10 Å². The fraction of sp³-hybridized carbons (Fsp3) is 0.417. The maximum absolute atomic E-state index is 11.5. The van der Waals surface area contributed by atoms with E-state index in [1.165, 1.54) is 6.20 Å². The summed E-state index contributed by atoms with van der Waals surface area (Å²) in [6.45, 7) is 1.10. The van der Waals surface area contributed by atoms with Gasteiger partial charge in [0.2, 0.25) is 0 Å². The zero-order valence-corrected chi connectivity index (χ0v) is 9.89. The summed E-state index contributed by atoms with van der Waals surface area (Å²) in [6.07, 6.45) is 5.02. The van der Waals surface area contributed by atoms with Gasteiger partial charge >= 0.3 is 11.8 Å². The molecule has 0 saturated carbocycles. The number of carbonyl (C=O) groups excluding carboxylic acids is 2. The number of rotatable bonds is 3. The molecule has 0 aliphatic carbocycles. The van der Waals surface area contributed by atoms with Crippen LogP contribution in [-0.2, 0) is 14.3 Å². The number of nitrogens with zero attached hydrogens (tertiary/aromatic N) is 1. The predicted octanol–water partition coefficient (Wildman–Crippen LogP) is 0.315. The number of nitrogens with one attached hydrogen (secondary N) is 2. The second kappa shape index (κ2) is 6.11. The summed E-state index contributed by atoms with van der Waals surface area (Å²) in [5.74, 6) is -1.35. The third-order valence-corrected chi connectivity index (χ3v) is 2.64. The van der Waals surface area contributed by atoms with Crippen molar-refractivity contribution in [1.29, 1.82) is 0 Å². The van der Waals surface area contributed by atoms with Crippen molar-refractivity contribution >= 4 is 17.5 Å². The van der Waals surface area contributed by atoms with Crippen molar-refractivity contribution in [3.63, 3.8) is 0 Å². The summed E-state index contributed by atoms with van der Waals surface area (Å²) < 4.78 is 5.34. The monoisotopic (exact) mass is 249 g/mol. The standard InChI is InChI=1S/C12H15N3O3/c16-11(14-8-10-4-2-6-18-10)12(17)15-9-3-1-5-13-7-9/h1,3,5,7,10H,2,4,6,8H2,(H,14,16)(H,15,17). The molecular weight excluding hydrogens is 234 g/mol. The Kier molecular flexibility index (Phi) is 4.25. The topological polar surface area (TPSA) is 80.3 Å².